The van der Waals surface area contributed by atoms with Gasteiger partial charge in [0.15, 0.2) is 0 Å². The van der Waals surface area contributed by atoms with Gasteiger partial charge in [-0.3, -0.25) is 14.5 Å². The Morgan fingerprint density at radius 3 is 2.43 bits per heavy atom. The molecule has 1 heterocycles. The highest BCUT2D eigenvalue weighted by Crippen LogP contribution is 2.20. The largest absolute Gasteiger partial charge is 0.348 e. The van der Waals surface area contributed by atoms with E-state index in [0.717, 1.165) is 16.7 Å². The number of sulfonamides is 1. The van der Waals surface area contributed by atoms with Crippen molar-refractivity contribution in [1.82, 2.24) is 10.3 Å². The Morgan fingerprint density at radius 2 is 1.71 bits per heavy atom. The average molecular weight is 395 g/mol. The predicted octanol–water partition coefficient (Wildman–Crippen LogP) is 3.43. The van der Waals surface area contributed by atoms with Gasteiger partial charge in [-0.15, -0.1) is 0 Å². The number of anilines is 1. The molecule has 0 aliphatic rings. The van der Waals surface area contributed by atoms with E-state index in [2.05, 4.69) is 15.0 Å². The lowest BCUT2D eigenvalue weighted by Gasteiger charge is -2.11. The Kier molecular flexibility index (Phi) is 5.75. The minimum absolute atomic E-state index is 0.0299. The van der Waals surface area contributed by atoms with E-state index in [1.165, 1.54) is 12.1 Å². The van der Waals surface area contributed by atoms with Crippen molar-refractivity contribution in [3.63, 3.8) is 0 Å². The fraction of sp³-hybridized carbons (Fsp3) is 0.143. The van der Waals surface area contributed by atoms with E-state index in [4.69, 9.17) is 0 Å². The van der Waals surface area contributed by atoms with Crippen molar-refractivity contribution in [3.8, 4) is 0 Å². The van der Waals surface area contributed by atoms with Crippen molar-refractivity contribution in [1.29, 1.82) is 0 Å². The van der Waals surface area contributed by atoms with Crippen molar-refractivity contribution >= 4 is 21.6 Å². The molecular weight excluding hydrogens is 374 g/mol. The number of carbonyl (C=O) groups excluding carboxylic acids is 1. The summed E-state index contributed by atoms with van der Waals surface area (Å²) in [6.07, 6.45) is 3.29. The van der Waals surface area contributed by atoms with Crippen LogP contribution < -0.4 is 10.0 Å². The van der Waals surface area contributed by atoms with Gasteiger partial charge in [-0.25, -0.2) is 8.42 Å². The van der Waals surface area contributed by atoms with Gasteiger partial charge >= 0.3 is 0 Å². The monoisotopic (exact) mass is 395 g/mol. The Bertz CT molecular complexity index is 1100. The molecule has 0 atom stereocenters. The fourth-order valence-electron chi connectivity index (χ4n) is 2.61. The Balaban J connectivity index is 1.75. The van der Waals surface area contributed by atoms with E-state index in [9.17, 15) is 13.2 Å². The zero-order valence-corrected chi connectivity index (χ0v) is 16.5. The third-order valence-electron chi connectivity index (χ3n) is 4.37. The van der Waals surface area contributed by atoms with Crippen LogP contribution in [0.25, 0.3) is 0 Å². The molecule has 0 saturated carbocycles. The molecule has 2 aromatic carbocycles. The number of amides is 1. The van der Waals surface area contributed by atoms with Crippen LogP contribution in [0.3, 0.4) is 0 Å². The maximum absolute atomic E-state index is 12.7. The lowest BCUT2D eigenvalue weighted by molar-refractivity contribution is 0.0950. The van der Waals surface area contributed by atoms with Gasteiger partial charge < -0.3 is 5.32 Å². The topological polar surface area (TPSA) is 88.2 Å². The van der Waals surface area contributed by atoms with E-state index in [-0.39, 0.29) is 16.4 Å². The van der Waals surface area contributed by atoms with Crippen molar-refractivity contribution in [2.24, 2.45) is 0 Å². The Labute approximate surface area is 164 Å². The van der Waals surface area contributed by atoms with Crippen LogP contribution >= 0.6 is 0 Å². The van der Waals surface area contributed by atoms with E-state index < -0.39 is 10.0 Å². The number of hydrogen-bond acceptors (Lipinski definition) is 4. The van der Waals surface area contributed by atoms with Gasteiger partial charge in [0, 0.05) is 30.2 Å². The van der Waals surface area contributed by atoms with Crippen LogP contribution in [-0.2, 0) is 16.6 Å². The van der Waals surface area contributed by atoms with Crippen LogP contribution in [0.1, 0.15) is 27.0 Å². The van der Waals surface area contributed by atoms with Crippen molar-refractivity contribution < 1.29 is 13.2 Å². The molecule has 0 aliphatic heterocycles. The summed E-state index contributed by atoms with van der Waals surface area (Å²) in [4.78, 5) is 16.4. The maximum atomic E-state index is 12.7. The molecule has 0 unspecified atom stereocenters. The number of pyridine rings is 1. The standard InChI is InChI=1S/C21H21N3O3S/c1-15-6-7-19(12-16(15)2)24-28(26,27)20-5-3-4-18(13-20)21(25)23-14-17-8-10-22-11-9-17/h3-13,24H,14H2,1-2H3,(H,23,25). The number of benzene rings is 2. The first-order chi connectivity index (χ1) is 13.3. The molecule has 28 heavy (non-hydrogen) atoms. The van der Waals surface area contributed by atoms with Crippen LogP contribution in [-0.4, -0.2) is 19.3 Å². The molecule has 0 aliphatic carbocycles. The first-order valence-electron chi connectivity index (χ1n) is 8.72. The SMILES string of the molecule is Cc1ccc(NS(=O)(=O)c2cccc(C(=O)NCc3ccncc3)c2)cc1C. The molecular formula is C21H21N3O3S. The van der Waals surface area contributed by atoms with Gasteiger partial charge in [-0.2, -0.15) is 0 Å². The van der Waals surface area contributed by atoms with Crippen molar-refractivity contribution in [2.45, 2.75) is 25.3 Å². The van der Waals surface area contributed by atoms with Crippen molar-refractivity contribution in [2.75, 3.05) is 4.72 Å². The summed E-state index contributed by atoms with van der Waals surface area (Å²) < 4.78 is 28.0. The maximum Gasteiger partial charge on any atom is 0.261 e. The predicted molar refractivity (Wildman–Crippen MR) is 109 cm³/mol. The zero-order chi connectivity index (χ0) is 20.1. The molecule has 2 N–H and O–H groups in total. The van der Waals surface area contributed by atoms with Crippen LogP contribution in [0.15, 0.2) is 71.9 Å². The molecule has 0 radical (unpaired) electrons. The summed E-state index contributed by atoms with van der Waals surface area (Å²) in [5.74, 6) is -0.347. The fourth-order valence-corrected chi connectivity index (χ4v) is 3.70. The number of hydrogen-bond donors (Lipinski definition) is 2. The quantitative estimate of drug-likeness (QED) is 0.669. The number of aryl methyl sites for hydroxylation is 2. The minimum atomic E-state index is -3.80. The number of carbonyl (C=O) groups is 1. The number of aromatic nitrogens is 1. The summed E-state index contributed by atoms with van der Waals surface area (Å²) in [5, 5.41) is 2.78. The van der Waals surface area contributed by atoms with Gasteiger partial charge in [-0.05, 0) is 73.0 Å². The highest BCUT2D eigenvalue weighted by atomic mass is 32.2. The smallest absolute Gasteiger partial charge is 0.261 e. The van der Waals surface area contributed by atoms with Gasteiger partial charge in [0.25, 0.3) is 15.9 Å². The van der Waals surface area contributed by atoms with Crippen LogP contribution in [0.2, 0.25) is 0 Å². The second-order valence-electron chi connectivity index (χ2n) is 6.47. The van der Waals surface area contributed by atoms with Crippen molar-refractivity contribution in [3.05, 3.63) is 89.2 Å². The van der Waals surface area contributed by atoms with Crippen LogP contribution in [0, 0.1) is 13.8 Å². The minimum Gasteiger partial charge on any atom is -0.348 e. The molecule has 0 bridgehead atoms. The third kappa shape index (κ3) is 4.75. The summed E-state index contributed by atoms with van der Waals surface area (Å²) in [6.45, 7) is 4.21. The lowest BCUT2D eigenvalue weighted by Crippen LogP contribution is -2.23. The molecule has 3 rings (SSSR count). The van der Waals surface area contributed by atoms with Gasteiger partial charge in [0.05, 0.1) is 4.90 Å². The van der Waals surface area contributed by atoms with Gasteiger partial charge in [0.2, 0.25) is 0 Å². The molecule has 1 amide bonds. The Hall–Kier alpha value is -3.19. The van der Waals surface area contributed by atoms with Crippen LogP contribution in [0.4, 0.5) is 5.69 Å². The Morgan fingerprint density at radius 1 is 0.964 bits per heavy atom. The molecule has 1 aromatic heterocycles. The first kappa shape index (κ1) is 19.6. The second-order valence-corrected chi connectivity index (χ2v) is 8.15. The zero-order valence-electron chi connectivity index (χ0n) is 15.6. The number of nitrogens with one attached hydrogen (secondary N) is 2. The third-order valence-corrected chi connectivity index (χ3v) is 5.75. The van der Waals surface area contributed by atoms with E-state index in [1.807, 2.05) is 19.9 Å². The van der Waals surface area contributed by atoms with E-state index >= 15 is 0 Å². The highest BCUT2D eigenvalue weighted by molar-refractivity contribution is 7.92. The molecule has 0 saturated heterocycles. The summed E-state index contributed by atoms with van der Waals surface area (Å²) in [7, 11) is -3.80. The summed E-state index contributed by atoms with van der Waals surface area (Å²) >= 11 is 0. The summed E-state index contributed by atoms with van der Waals surface area (Å²) in [6, 6.07) is 14.9. The van der Waals surface area contributed by atoms with Gasteiger partial charge in [0.1, 0.15) is 0 Å². The normalized spacial score (nSPS) is 11.1. The van der Waals surface area contributed by atoms with E-state index in [0.29, 0.717) is 12.2 Å². The summed E-state index contributed by atoms with van der Waals surface area (Å²) in [5.41, 5.74) is 3.73. The first-order valence-corrected chi connectivity index (χ1v) is 10.2. The van der Waals surface area contributed by atoms with Gasteiger partial charge in [-0.1, -0.05) is 12.1 Å². The van der Waals surface area contributed by atoms with E-state index in [1.54, 1.807) is 48.8 Å². The highest BCUT2D eigenvalue weighted by Gasteiger charge is 2.17. The molecule has 144 valence electrons. The molecule has 0 fully saturated rings. The molecule has 0 spiro atoms. The number of nitrogens with zero attached hydrogens (tertiary/aromatic N) is 1. The average Bonchev–Trinajstić information content (AvgIpc) is 2.69. The lowest BCUT2D eigenvalue weighted by atomic mass is 10.1. The van der Waals surface area contributed by atoms with Crippen LogP contribution in [0.5, 0.6) is 0 Å². The molecule has 3 aromatic rings. The molecule has 7 heteroatoms. The molecule has 6 nitrogen and oxygen atoms in total. The number of rotatable bonds is 6. The second kappa shape index (κ2) is 8.22.